The van der Waals surface area contributed by atoms with Crippen molar-refractivity contribution in [3.05, 3.63) is 29.8 Å². The molecule has 2 atom stereocenters. The van der Waals surface area contributed by atoms with Gasteiger partial charge in [0.15, 0.2) is 0 Å². The number of hydrogen-bond donors (Lipinski definition) is 0. The lowest BCUT2D eigenvalue weighted by Gasteiger charge is -2.35. The van der Waals surface area contributed by atoms with Crippen molar-refractivity contribution in [3.8, 4) is 11.8 Å². The Morgan fingerprint density at radius 1 is 1.18 bits per heavy atom. The van der Waals surface area contributed by atoms with Crippen LogP contribution in [0.2, 0.25) is 0 Å². The number of rotatable bonds is 7. The molecular weight excluding hydrogens is 280 g/mol. The number of nitriles is 1. The molecule has 5 heteroatoms. The molecule has 1 fully saturated rings. The van der Waals surface area contributed by atoms with Crippen molar-refractivity contribution in [1.29, 1.82) is 5.26 Å². The lowest BCUT2D eigenvalue weighted by molar-refractivity contribution is -0.0734. The molecule has 5 nitrogen and oxygen atoms in total. The minimum absolute atomic E-state index is 0.287. The van der Waals surface area contributed by atoms with E-state index >= 15 is 0 Å². The first-order chi connectivity index (χ1) is 10.7. The molecular formula is C17H24N2O3. The molecule has 0 amide bonds. The Morgan fingerprint density at radius 3 is 2.64 bits per heavy atom. The maximum Gasteiger partial charge on any atom is 0.137 e. The highest BCUT2D eigenvalue weighted by molar-refractivity contribution is 5.42. The van der Waals surface area contributed by atoms with Gasteiger partial charge in [-0.15, -0.1) is 0 Å². The average molecular weight is 304 g/mol. The van der Waals surface area contributed by atoms with Gasteiger partial charge >= 0.3 is 0 Å². The van der Waals surface area contributed by atoms with Crippen LogP contribution in [0.5, 0.6) is 5.75 Å². The summed E-state index contributed by atoms with van der Waals surface area (Å²) >= 11 is 0. The molecule has 1 aromatic carbocycles. The van der Waals surface area contributed by atoms with E-state index < -0.39 is 0 Å². The maximum atomic E-state index is 8.97. The molecule has 22 heavy (non-hydrogen) atoms. The Balaban J connectivity index is 1.59. The summed E-state index contributed by atoms with van der Waals surface area (Å²) in [6.07, 6.45) is 0.573. The molecule has 0 N–H and O–H groups in total. The van der Waals surface area contributed by atoms with Crippen molar-refractivity contribution < 1.29 is 14.2 Å². The van der Waals surface area contributed by atoms with Gasteiger partial charge in [0.2, 0.25) is 0 Å². The van der Waals surface area contributed by atoms with Crippen molar-refractivity contribution in [1.82, 2.24) is 4.90 Å². The van der Waals surface area contributed by atoms with Crippen LogP contribution in [0.3, 0.4) is 0 Å². The van der Waals surface area contributed by atoms with E-state index in [1.54, 1.807) is 12.1 Å². The van der Waals surface area contributed by atoms with Gasteiger partial charge in [-0.2, -0.15) is 5.26 Å². The van der Waals surface area contributed by atoms with Gasteiger partial charge in [-0.05, 0) is 26.0 Å². The van der Waals surface area contributed by atoms with Gasteiger partial charge in [-0.3, -0.25) is 4.90 Å². The van der Waals surface area contributed by atoms with E-state index in [9.17, 15) is 0 Å². The van der Waals surface area contributed by atoms with Crippen LogP contribution in [-0.2, 0) is 9.47 Å². The van der Waals surface area contributed by atoms with Crippen LogP contribution in [0.4, 0.5) is 0 Å². The fraction of sp³-hybridized carbons (Fsp3) is 0.588. The van der Waals surface area contributed by atoms with E-state index in [4.69, 9.17) is 19.5 Å². The number of para-hydroxylation sites is 1. The molecule has 2 rings (SSSR count). The summed E-state index contributed by atoms with van der Waals surface area (Å²) < 4.78 is 16.9. The highest BCUT2D eigenvalue weighted by atomic mass is 16.5. The first kappa shape index (κ1) is 16.8. The number of ether oxygens (including phenoxy) is 3. The highest BCUT2D eigenvalue weighted by Gasteiger charge is 2.21. The van der Waals surface area contributed by atoms with Crippen LogP contribution in [0.15, 0.2) is 24.3 Å². The summed E-state index contributed by atoms with van der Waals surface area (Å²) in [7, 11) is 0. The average Bonchev–Trinajstić information content (AvgIpc) is 2.50. The van der Waals surface area contributed by atoms with Crippen LogP contribution in [0.25, 0.3) is 0 Å². The molecule has 1 aliphatic rings. The quantitative estimate of drug-likeness (QED) is 0.722. The first-order valence-electron chi connectivity index (χ1n) is 7.76. The SMILES string of the molecule is C[C@@H]1CN(CCOCCOc2ccccc2C#N)C[C@@H](C)O1. The molecule has 1 heterocycles. The Labute approximate surface area is 132 Å². The summed E-state index contributed by atoms with van der Waals surface area (Å²) in [4.78, 5) is 2.37. The minimum atomic E-state index is 0.287. The van der Waals surface area contributed by atoms with Crippen LogP contribution in [-0.4, -0.2) is 56.6 Å². The van der Waals surface area contributed by atoms with Gasteiger partial charge in [0.25, 0.3) is 0 Å². The third-order valence-corrected chi connectivity index (χ3v) is 3.54. The van der Waals surface area contributed by atoms with Crippen LogP contribution < -0.4 is 4.74 Å². The lowest BCUT2D eigenvalue weighted by Crippen LogP contribution is -2.46. The minimum Gasteiger partial charge on any atom is -0.490 e. The second-order valence-electron chi connectivity index (χ2n) is 5.59. The van der Waals surface area contributed by atoms with Gasteiger partial charge in [-0.25, -0.2) is 0 Å². The van der Waals surface area contributed by atoms with E-state index in [1.165, 1.54) is 0 Å². The Hall–Kier alpha value is -1.61. The number of hydrogen-bond acceptors (Lipinski definition) is 5. The lowest BCUT2D eigenvalue weighted by atomic mass is 10.2. The summed E-state index contributed by atoms with van der Waals surface area (Å²) in [6, 6.07) is 9.35. The van der Waals surface area contributed by atoms with Gasteiger partial charge in [-0.1, -0.05) is 12.1 Å². The predicted molar refractivity (Wildman–Crippen MR) is 83.9 cm³/mol. The predicted octanol–water partition coefficient (Wildman–Crippen LogP) is 2.06. The fourth-order valence-corrected chi connectivity index (χ4v) is 2.66. The topological polar surface area (TPSA) is 54.7 Å². The van der Waals surface area contributed by atoms with Crippen LogP contribution in [0, 0.1) is 11.3 Å². The van der Waals surface area contributed by atoms with E-state index in [1.807, 2.05) is 12.1 Å². The largest absolute Gasteiger partial charge is 0.490 e. The van der Waals surface area contributed by atoms with Crippen LogP contribution >= 0.6 is 0 Å². The fourth-order valence-electron chi connectivity index (χ4n) is 2.66. The summed E-state index contributed by atoms with van der Waals surface area (Å²) in [5, 5.41) is 8.97. The third kappa shape index (κ3) is 5.30. The Morgan fingerprint density at radius 2 is 1.91 bits per heavy atom. The number of benzene rings is 1. The maximum absolute atomic E-state index is 8.97. The zero-order chi connectivity index (χ0) is 15.8. The van der Waals surface area contributed by atoms with Crippen molar-refractivity contribution in [3.63, 3.8) is 0 Å². The highest BCUT2D eigenvalue weighted by Crippen LogP contribution is 2.16. The standard InChI is InChI=1S/C17H24N2O3/c1-14-12-19(13-15(2)22-14)7-8-20-9-10-21-17-6-4-3-5-16(17)11-18/h3-6,14-15H,7-10,12-13H2,1-2H3/t14-,15-/m1/s1. The zero-order valence-electron chi connectivity index (χ0n) is 13.3. The molecule has 1 aromatic rings. The second-order valence-corrected chi connectivity index (χ2v) is 5.59. The van der Waals surface area contributed by atoms with E-state index in [2.05, 4.69) is 24.8 Å². The van der Waals surface area contributed by atoms with Crippen molar-refractivity contribution in [2.75, 3.05) is 39.5 Å². The summed E-state index contributed by atoms with van der Waals surface area (Å²) in [6.45, 7) is 8.69. The van der Waals surface area contributed by atoms with E-state index in [0.717, 1.165) is 19.6 Å². The molecule has 0 aliphatic carbocycles. The second kappa shape index (κ2) is 8.74. The third-order valence-electron chi connectivity index (χ3n) is 3.54. The molecule has 0 radical (unpaired) electrons. The molecule has 0 bridgehead atoms. The molecule has 0 saturated carbocycles. The van der Waals surface area contributed by atoms with Crippen molar-refractivity contribution >= 4 is 0 Å². The van der Waals surface area contributed by atoms with E-state index in [0.29, 0.717) is 31.1 Å². The zero-order valence-corrected chi connectivity index (χ0v) is 13.3. The van der Waals surface area contributed by atoms with Crippen molar-refractivity contribution in [2.45, 2.75) is 26.1 Å². The smallest absolute Gasteiger partial charge is 0.137 e. The molecule has 1 saturated heterocycles. The Bertz CT molecular complexity index is 491. The van der Waals surface area contributed by atoms with Gasteiger partial charge in [0, 0.05) is 19.6 Å². The molecule has 0 aromatic heterocycles. The molecule has 0 spiro atoms. The number of nitrogens with zero attached hydrogens (tertiary/aromatic N) is 2. The Kier molecular flexibility index (Phi) is 6.66. The van der Waals surface area contributed by atoms with Gasteiger partial charge in [0.05, 0.1) is 31.0 Å². The normalized spacial score (nSPS) is 22.2. The summed E-state index contributed by atoms with van der Waals surface area (Å²) in [5.74, 6) is 0.615. The molecule has 1 aliphatic heterocycles. The monoisotopic (exact) mass is 304 g/mol. The van der Waals surface area contributed by atoms with Crippen LogP contribution in [0.1, 0.15) is 19.4 Å². The van der Waals surface area contributed by atoms with E-state index in [-0.39, 0.29) is 12.2 Å². The van der Waals surface area contributed by atoms with Crippen molar-refractivity contribution in [2.24, 2.45) is 0 Å². The molecule has 120 valence electrons. The van der Waals surface area contributed by atoms with Gasteiger partial charge in [0.1, 0.15) is 18.4 Å². The summed E-state index contributed by atoms with van der Waals surface area (Å²) in [5.41, 5.74) is 0.554. The van der Waals surface area contributed by atoms with Gasteiger partial charge < -0.3 is 14.2 Å². The number of morpholine rings is 1. The first-order valence-corrected chi connectivity index (χ1v) is 7.76. The molecule has 0 unspecified atom stereocenters.